The lowest BCUT2D eigenvalue weighted by Gasteiger charge is -2.26. The van der Waals surface area contributed by atoms with Crippen LogP contribution in [0.3, 0.4) is 0 Å². The smallest absolute Gasteiger partial charge is 0.126 e. The zero-order valence-electron chi connectivity index (χ0n) is 11.1. The predicted molar refractivity (Wildman–Crippen MR) is 68.2 cm³/mol. The molecule has 0 fully saturated rings. The molecule has 0 aliphatic rings. The maximum atomic E-state index is 13.1. The molecule has 2 nitrogen and oxygen atoms in total. The minimum atomic E-state index is -0.568. The molecule has 2 atom stereocenters. The van der Waals surface area contributed by atoms with Gasteiger partial charge in [0.15, 0.2) is 0 Å². The zero-order chi connectivity index (χ0) is 13.7. The summed E-state index contributed by atoms with van der Waals surface area (Å²) in [5, 5.41) is 12.3. The van der Waals surface area contributed by atoms with Crippen LogP contribution in [-0.2, 0) is 0 Å². The lowest BCUT2D eigenvalue weighted by Crippen LogP contribution is -2.36. The summed E-state index contributed by atoms with van der Waals surface area (Å²) in [6.07, 6.45) is 0.625. The van der Waals surface area contributed by atoms with Gasteiger partial charge in [-0.15, -0.1) is 0 Å². The Hall–Kier alpha value is -1.00. The Balaban J connectivity index is 2.76. The van der Waals surface area contributed by atoms with Gasteiger partial charge in [-0.2, -0.15) is 0 Å². The van der Waals surface area contributed by atoms with Gasteiger partial charge < -0.3 is 10.4 Å². The van der Waals surface area contributed by atoms with E-state index < -0.39 is 11.6 Å². The van der Waals surface area contributed by atoms with Crippen molar-refractivity contribution in [3.63, 3.8) is 0 Å². The largest absolute Gasteiger partial charge is 0.396 e. The van der Waals surface area contributed by atoms with E-state index in [2.05, 4.69) is 5.32 Å². The molecule has 0 saturated carbocycles. The van der Waals surface area contributed by atoms with Gasteiger partial charge >= 0.3 is 0 Å². The quantitative estimate of drug-likeness (QED) is 0.821. The van der Waals surface area contributed by atoms with Gasteiger partial charge in [-0.05, 0) is 37.0 Å². The van der Waals surface area contributed by atoms with Gasteiger partial charge in [0, 0.05) is 24.8 Å². The second-order valence-electron chi connectivity index (χ2n) is 4.95. The van der Waals surface area contributed by atoms with Crippen molar-refractivity contribution in [2.24, 2.45) is 5.92 Å². The summed E-state index contributed by atoms with van der Waals surface area (Å²) in [6.45, 7) is 6.06. The van der Waals surface area contributed by atoms with E-state index in [1.54, 1.807) is 0 Å². The normalized spacial score (nSPS) is 14.8. The molecule has 0 heterocycles. The van der Waals surface area contributed by atoms with Gasteiger partial charge in [-0.3, -0.25) is 0 Å². The molecule has 0 aliphatic carbocycles. The molecule has 1 rings (SSSR count). The second-order valence-corrected chi connectivity index (χ2v) is 4.95. The summed E-state index contributed by atoms with van der Waals surface area (Å²) < 4.78 is 26.2. The molecule has 0 aliphatic heterocycles. The Morgan fingerprint density at radius 3 is 2.11 bits per heavy atom. The third-order valence-electron chi connectivity index (χ3n) is 3.09. The van der Waals surface area contributed by atoms with Gasteiger partial charge in [-0.25, -0.2) is 8.78 Å². The second kappa shape index (κ2) is 6.81. The van der Waals surface area contributed by atoms with Crippen LogP contribution in [0.5, 0.6) is 0 Å². The minimum absolute atomic E-state index is 0.0973. The highest BCUT2D eigenvalue weighted by atomic mass is 19.1. The molecule has 0 amide bonds. The van der Waals surface area contributed by atoms with Gasteiger partial charge in [0.1, 0.15) is 11.6 Å². The van der Waals surface area contributed by atoms with Crippen LogP contribution in [0.25, 0.3) is 0 Å². The number of halogens is 2. The molecule has 2 N–H and O–H groups in total. The Kier molecular flexibility index (Phi) is 5.69. The average molecular weight is 257 g/mol. The van der Waals surface area contributed by atoms with E-state index in [0.29, 0.717) is 17.9 Å². The molecular weight excluding hydrogens is 236 g/mol. The number of aliphatic hydroxyl groups excluding tert-OH is 1. The monoisotopic (exact) mass is 257 g/mol. The van der Waals surface area contributed by atoms with Gasteiger partial charge in [-0.1, -0.05) is 13.8 Å². The number of benzene rings is 1. The summed E-state index contributed by atoms with van der Waals surface area (Å²) in [4.78, 5) is 0. The van der Waals surface area contributed by atoms with Crippen molar-refractivity contribution in [1.29, 1.82) is 0 Å². The molecule has 2 unspecified atom stereocenters. The highest BCUT2D eigenvalue weighted by molar-refractivity contribution is 5.21. The Morgan fingerprint density at radius 1 is 1.11 bits per heavy atom. The van der Waals surface area contributed by atoms with Crippen LogP contribution < -0.4 is 5.32 Å². The molecule has 0 bridgehead atoms. The van der Waals surface area contributed by atoms with E-state index in [-0.39, 0.29) is 18.7 Å². The van der Waals surface area contributed by atoms with E-state index in [9.17, 15) is 8.78 Å². The van der Waals surface area contributed by atoms with Crippen molar-refractivity contribution in [2.75, 3.05) is 6.61 Å². The predicted octanol–water partition coefficient (Wildman–Crippen LogP) is 3.02. The van der Waals surface area contributed by atoms with Crippen molar-refractivity contribution >= 4 is 0 Å². The summed E-state index contributed by atoms with van der Waals surface area (Å²) in [5.74, 6) is -0.790. The number of aliphatic hydroxyl groups is 1. The van der Waals surface area contributed by atoms with Crippen molar-refractivity contribution in [3.8, 4) is 0 Å². The Morgan fingerprint density at radius 2 is 1.67 bits per heavy atom. The standard InChI is InChI=1S/C14H21F2NO/c1-9(2)14(4-5-18)17-10(3)11-6-12(15)8-13(16)7-11/h6-10,14,17-18H,4-5H2,1-3H3. The molecule has 1 aromatic rings. The van der Waals surface area contributed by atoms with Crippen LogP contribution in [0.15, 0.2) is 18.2 Å². The van der Waals surface area contributed by atoms with Crippen molar-refractivity contribution in [3.05, 3.63) is 35.4 Å². The third-order valence-corrected chi connectivity index (χ3v) is 3.09. The third kappa shape index (κ3) is 4.35. The summed E-state index contributed by atoms with van der Waals surface area (Å²) in [5.41, 5.74) is 0.580. The lowest BCUT2D eigenvalue weighted by atomic mass is 9.98. The highest BCUT2D eigenvalue weighted by Crippen LogP contribution is 2.18. The summed E-state index contributed by atoms with van der Waals surface area (Å²) >= 11 is 0. The number of rotatable bonds is 6. The van der Waals surface area contributed by atoms with Crippen LogP contribution >= 0.6 is 0 Å². The first-order valence-electron chi connectivity index (χ1n) is 6.27. The van der Waals surface area contributed by atoms with Crippen LogP contribution in [0.2, 0.25) is 0 Å². The molecule has 0 aromatic heterocycles. The molecule has 102 valence electrons. The Bertz CT molecular complexity index is 362. The van der Waals surface area contributed by atoms with Crippen LogP contribution in [0, 0.1) is 17.6 Å². The minimum Gasteiger partial charge on any atom is -0.396 e. The lowest BCUT2D eigenvalue weighted by molar-refractivity contribution is 0.237. The fourth-order valence-corrected chi connectivity index (χ4v) is 1.99. The molecule has 0 spiro atoms. The first kappa shape index (κ1) is 15.1. The highest BCUT2D eigenvalue weighted by Gasteiger charge is 2.17. The Labute approximate surface area is 107 Å². The van der Waals surface area contributed by atoms with Crippen LogP contribution in [0.1, 0.15) is 38.8 Å². The molecule has 0 saturated heterocycles. The van der Waals surface area contributed by atoms with E-state index in [1.807, 2.05) is 20.8 Å². The SMILES string of the molecule is CC(NC(CCO)C(C)C)c1cc(F)cc(F)c1. The van der Waals surface area contributed by atoms with Crippen LogP contribution in [0.4, 0.5) is 8.78 Å². The molecule has 4 heteroatoms. The maximum absolute atomic E-state index is 13.1. The number of hydrogen-bond donors (Lipinski definition) is 2. The van der Waals surface area contributed by atoms with Gasteiger partial charge in [0.2, 0.25) is 0 Å². The fraction of sp³-hybridized carbons (Fsp3) is 0.571. The van der Waals surface area contributed by atoms with E-state index in [4.69, 9.17) is 5.11 Å². The molecule has 18 heavy (non-hydrogen) atoms. The zero-order valence-corrected chi connectivity index (χ0v) is 11.1. The van der Waals surface area contributed by atoms with Crippen molar-refractivity contribution in [1.82, 2.24) is 5.32 Å². The maximum Gasteiger partial charge on any atom is 0.126 e. The van der Waals surface area contributed by atoms with E-state index >= 15 is 0 Å². The first-order chi connectivity index (χ1) is 8.43. The number of hydrogen-bond acceptors (Lipinski definition) is 2. The number of nitrogens with one attached hydrogen (secondary N) is 1. The van der Waals surface area contributed by atoms with Gasteiger partial charge in [0.05, 0.1) is 0 Å². The molecule has 1 aromatic carbocycles. The summed E-state index contributed by atoms with van der Waals surface area (Å²) in [6, 6.07) is 3.49. The fourth-order valence-electron chi connectivity index (χ4n) is 1.99. The average Bonchev–Trinajstić information content (AvgIpc) is 2.26. The summed E-state index contributed by atoms with van der Waals surface area (Å²) in [7, 11) is 0. The molecule has 0 radical (unpaired) electrons. The van der Waals surface area contributed by atoms with Crippen molar-refractivity contribution < 1.29 is 13.9 Å². The van der Waals surface area contributed by atoms with Gasteiger partial charge in [0.25, 0.3) is 0 Å². The van der Waals surface area contributed by atoms with E-state index in [0.717, 1.165) is 6.07 Å². The van der Waals surface area contributed by atoms with Crippen molar-refractivity contribution in [2.45, 2.75) is 39.3 Å². The topological polar surface area (TPSA) is 32.3 Å². The van der Waals surface area contributed by atoms with E-state index in [1.165, 1.54) is 12.1 Å². The first-order valence-corrected chi connectivity index (χ1v) is 6.27. The molecular formula is C14H21F2NO. The van der Waals surface area contributed by atoms with Crippen LogP contribution in [-0.4, -0.2) is 17.8 Å².